The third-order valence-corrected chi connectivity index (χ3v) is 3.15. The predicted molar refractivity (Wildman–Crippen MR) is 79.9 cm³/mol. The molecule has 1 aliphatic rings. The molecule has 0 spiro atoms. The van der Waals surface area contributed by atoms with Crippen LogP contribution >= 0.6 is 0 Å². The first-order valence-corrected chi connectivity index (χ1v) is 7.24. The molecular weight excluding hydrogens is 254 g/mol. The zero-order valence-electron chi connectivity index (χ0n) is 12.4. The van der Waals surface area contributed by atoms with Crippen molar-refractivity contribution in [2.24, 2.45) is 0 Å². The molecule has 110 valence electrons. The number of aromatic nitrogens is 2. The van der Waals surface area contributed by atoms with Gasteiger partial charge in [0.25, 0.3) is 0 Å². The lowest BCUT2D eigenvalue weighted by molar-refractivity contribution is -0.119. The van der Waals surface area contributed by atoms with Crippen LogP contribution in [0.15, 0.2) is 6.07 Å². The lowest BCUT2D eigenvalue weighted by Crippen LogP contribution is -2.23. The predicted octanol–water partition coefficient (Wildman–Crippen LogP) is 1.72. The summed E-state index contributed by atoms with van der Waals surface area (Å²) in [4.78, 5) is 20.3. The van der Waals surface area contributed by atoms with Crippen LogP contribution < -0.4 is 16.0 Å². The molecule has 0 aromatic carbocycles. The summed E-state index contributed by atoms with van der Waals surface area (Å²) in [6, 6.07) is 2.01. The highest BCUT2D eigenvalue weighted by Gasteiger charge is 2.22. The van der Waals surface area contributed by atoms with Crippen LogP contribution in [0.4, 0.5) is 11.6 Å². The molecule has 1 aromatic rings. The number of carbonyl (C=O) groups excluding carboxylic acids is 1. The number of rotatable bonds is 6. The highest BCUT2D eigenvalue weighted by atomic mass is 16.1. The van der Waals surface area contributed by atoms with Gasteiger partial charge >= 0.3 is 0 Å². The quantitative estimate of drug-likeness (QED) is 0.738. The molecule has 1 aromatic heterocycles. The third kappa shape index (κ3) is 3.82. The molecule has 1 fully saturated rings. The van der Waals surface area contributed by atoms with Crippen LogP contribution in [-0.4, -0.2) is 35.0 Å². The van der Waals surface area contributed by atoms with Crippen molar-refractivity contribution < 1.29 is 4.79 Å². The molecule has 1 amide bonds. The van der Waals surface area contributed by atoms with Gasteiger partial charge in [0.1, 0.15) is 17.5 Å². The second-order valence-electron chi connectivity index (χ2n) is 5.43. The van der Waals surface area contributed by atoms with Crippen LogP contribution in [0.2, 0.25) is 0 Å². The minimum atomic E-state index is 0.0879. The Labute approximate surface area is 119 Å². The van der Waals surface area contributed by atoms with Gasteiger partial charge in [0, 0.05) is 31.5 Å². The van der Waals surface area contributed by atoms with Crippen molar-refractivity contribution >= 4 is 17.5 Å². The lowest BCUT2D eigenvalue weighted by Gasteiger charge is -2.15. The first-order chi connectivity index (χ1) is 9.58. The molecule has 1 saturated heterocycles. The van der Waals surface area contributed by atoms with Gasteiger partial charge in [-0.1, -0.05) is 20.8 Å². The average molecular weight is 277 g/mol. The second kappa shape index (κ2) is 6.54. The van der Waals surface area contributed by atoms with E-state index in [9.17, 15) is 4.79 Å². The summed E-state index contributed by atoms with van der Waals surface area (Å²) >= 11 is 0. The van der Waals surface area contributed by atoms with Gasteiger partial charge in [-0.2, -0.15) is 0 Å². The van der Waals surface area contributed by atoms with E-state index >= 15 is 0 Å². The van der Waals surface area contributed by atoms with Gasteiger partial charge in [0.15, 0.2) is 0 Å². The van der Waals surface area contributed by atoms with E-state index in [1.807, 2.05) is 6.07 Å². The molecule has 0 aliphatic carbocycles. The number of anilines is 2. The Balaban J connectivity index is 2.13. The number of nitrogens with one attached hydrogen (secondary N) is 3. The molecule has 2 rings (SSSR count). The summed E-state index contributed by atoms with van der Waals surface area (Å²) in [6.45, 7) is 7.80. The van der Waals surface area contributed by atoms with Gasteiger partial charge in [-0.3, -0.25) is 4.79 Å². The number of hydrogen-bond acceptors (Lipinski definition) is 5. The number of amides is 1. The first-order valence-electron chi connectivity index (χ1n) is 7.24. The van der Waals surface area contributed by atoms with Crippen LogP contribution in [0.25, 0.3) is 0 Å². The van der Waals surface area contributed by atoms with Gasteiger partial charge in [-0.05, 0) is 6.42 Å². The summed E-state index contributed by atoms with van der Waals surface area (Å²) in [5.74, 6) is 2.78. The maximum absolute atomic E-state index is 11.2. The van der Waals surface area contributed by atoms with Gasteiger partial charge in [0.2, 0.25) is 5.91 Å². The second-order valence-corrected chi connectivity index (χ2v) is 5.43. The average Bonchev–Trinajstić information content (AvgIpc) is 2.81. The van der Waals surface area contributed by atoms with Gasteiger partial charge in [0.05, 0.1) is 6.04 Å². The summed E-state index contributed by atoms with van der Waals surface area (Å²) in [7, 11) is 0. The van der Waals surface area contributed by atoms with Crippen LogP contribution in [-0.2, 0) is 4.79 Å². The maximum atomic E-state index is 11.2. The molecule has 6 nitrogen and oxygen atoms in total. The molecular formula is C14H23N5O. The molecule has 1 atom stereocenters. The van der Waals surface area contributed by atoms with E-state index in [0.29, 0.717) is 13.0 Å². The molecule has 1 aliphatic heterocycles. The Kier molecular flexibility index (Phi) is 4.76. The topological polar surface area (TPSA) is 78.9 Å². The van der Waals surface area contributed by atoms with E-state index in [-0.39, 0.29) is 17.9 Å². The van der Waals surface area contributed by atoms with E-state index in [1.54, 1.807) is 0 Å². The van der Waals surface area contributed by atoms with E-state index in [0.717, 1.165) is 30.4 Å². The van der Waals surface area contributed by atoms with Gasteiger partial charge in [-0.15, -0.1) is 0 Å². The fourth-order valence-corrected chi connectivity index (χ4v) is 2.06. The maximum Gasteiger partial charge on any atom is 0.222 e. The van der Waals surface area contributed by atoms with Crippen LogP contribution in [0.1, 0.15) is 45.4 Å². The lowest BCUT2D eigenvalue weighted by atomic mass is 10.2. The summed E-state index contributed by atoms with van der Waals surface area (Å²) in [5, 5.41) is 9.41. The monoisotopic (exact) mass is 277 g/mol. The number of carbonyl (C=O) groups is 1. The highest BCUT2D eigenvalue weighted by molar-refractivity contribution is 5.79. The van der Waals surface area contributed by atoms with E-state index < -0.39 is 0 Å². The molecule has 20 heavy (non-hydrogen) atoms. The largest absolute Gasteiger partial charge is 0.370 e. The Morgan fingerprint density at radius 1 is 1.40 bits per heavy atom. The van der Waals surface area contributed by atoms with Crippen molar-refractivity contribution in [1.29, 1.82) is 0 Å². The summed E-state index contributed by atoms with van der Waals surface area (Å²) < 4.78 is 0. The molecule has 0 radical (unpaired) electrons. The molecule has 0 bridgehead atoms. The van der Waals surface area contributed by atoms with Gasteiger partial charge in [-0.25, -0.2) is 9.97 Å². The Morgan fingerprint density at radius 2 is 2.15 bits per heavy atom. The number of nitrogens with zero attached hydrogens (tertiary/aromatic N) is 2. The van der Waals surface area contributed by atoms with Crippen molar-refractivity contribution in [3.63, 3.8) is 0 Å². The van der Waals surface area contributed by atoms with Crippen molar-refractivity contribution in [2.75, 3.05) is 23.7 Å². The summed E-state index contributed by atoms with van der Waals surface area (Å²) in [6.07, 6.45) is 1.55. The third-order valence-electron chi connectivity index (χ3n) is 3.15. The Bertz CT molecular complexity index is 475. The fourth-order valence-electron chi connectivity index (χ4n) is 2.06. The SMILES string of the molecule is CCCNc1cc(NC2CNC(=O)C2)nc(C(C)C)n1. The zero-order valence-corrected chi connectivity index (χ0v) is 12.4. The normalized spacial score (nSPS) is 18.2. The van der Waals surface area contributed by atoms with Crippen molar-refractivity contribution in [1.82, 2.24) is 15.3 Å². The molecule has 3 N–H and O–H groups in total. The zero-order chi connectivity index (χ0) is 14.5. The summed E-state index contributed by atoms with van der Waals surface area (Å²) in [5.41, 5.74) is 0. The molecule has 2 heterocycles. The fraction of sp³-hybridized carbons (Fsp3) is 0.643. The molecule has 0 saturated carbocycles. The van der Waals surface area contributed by atoms with Crippen LogP contribution in [0.3, 0.4) is 0 Å². The standard InChI is InChI=1S/C14H23N5O/c1-4-5-15-11-7-12(19-14(18-11)9(2)3)17-10-6-13(20)16-8-10/h7,9-10H,4-6,8H2,1-3H3,(H,16,20)(H2,15,17,18,19). The minimum Gasteiger partial charge on any atom is -0.370 e. The number of hydrogen-bond donors (Lipinski definition) is 3. The molecule has 1 unspecified atom stereocenters. The van der Waals surface area contributed by atoms with E-state index in [4.69, 9.17) is 0 Å². The van der Waals surface area contributed by atoms with Crippen LogP contribution in [0, 0.1) is 0 Å². The van der Waals surface area contributed by atoms with Crippen molar-refractivity contribution in [3.8, 4) is 0 Å². The van der Waals surface area contributed by atoms with E-state index in [2.05, 4.69) is 46.7 Å². The van der Waals surface area contributed by atoms with Crippen LogP contribution in [0.5, 0.6) is 0 Å². The Hall–Kier alpha value is -1.85. The smallest absolute Gasteiger partial charge is 0.222 e. The van der Waals surface area contributed by atoms with Gasteiger partial charge < -0.3 is 16.0 Å². The minimum absolute atomic E-state index is 0.0879. The molecule has 6 heteroatoms. The van der Waals surface area contributed by atoms with E-state index in [1.165, 1.54) is 0 Å². The first kappa shape index (κ1) is 14.6. The highest BCUT2D eigenvalue weighted by Crippen LogP contribution is 2.18. The van der Waals surface area contributed by atoms with Crippen molar-refractivity contribution in [2.45, 2.75) is 45.6 Å². The van der Waals surface area contributed by atoms with Crippen molar-refractivity contribution in [3.05, 3.63) is 11.9 Å². The Morgan fingerprint density at radius 3 is 2.75 bits per heavy atom.